The van der Waals surface area contributed by atoms with Gasteiger partial charge in [0.1, 0.15) is 11.6 Å². The van der Waals surface area contributed by atoms with Crippen LogP contribution < -0.4 is 20.9 Å². The summed E-state index contributed by atoms with van der Waals surface area (Å²) in [6.45, 7) is 6.53. The third-order valence-electron chi connectivity index (χ3n) is 10.1. The van der Waals surface area contributed by atoms with E-state index in [1.54, 1.807) is 50.3 Å². The Bertz CT molecular complexity index is 2100. The molecule has 0 spiro atoms. The first-order chi connectivity index (χ1) is 28.7. The summed E-state index contributed by atoms with van der Waals surface area (Å²) >= 11 is 0. The number of pyridine rings is 2. The van der Waals surface area contributed by atoms with E-state index in [9.17, 15) is 37.1 Å². The van der Waals surface area contributed by atoms with Crippen LogP contribution in [0.1, 0.15) is 81.8 Å². The molecule has 2 aliphatic heterocycles. The highest BCUT2D eigenvalue weighted by molar-refractivity contribution is 6.00. The zero-order valence-corrected chi connectivity index (χ0v) is 33.9. The van der Waals surface area contributed by atoms with Crippen molar-refractivity contribution in [1.29, 1.82) is 0 Å². The summed E-state index contributed by atoms with van der Waals surface area (Å²) in [7, 11) is 0. The molecule has 3 N–H and O–H groups in total. The molecule has 2 aromatic heterocycles. The minimum absolute atomic E-state index is 0.00781. The van der Waals surface area contributed by atoms with Crippen molar-refractivity contribution >= 4 is 41.2 Å². The van der Waals surface area contributed by atoms with Gasteiger partial charge in [-0.15, -0.1) is 0 Å². The number of rotatable bonds is 11. The van der Waals surface area contributed by atoms with Gasteiger partial charge in [-0.05, 0) is 87.8 Å². The summed E-state index contributed by atoms with van der Waals surface area (Å²) in [6.07, 6.45) is 1.19. The fourth-order valence-corrected chi connectivity index (χ4v) is 6.80. The molecule has 2 aliphatic rings. The Hall–Kier alpha value is -6.16. The molecule has 0 saturated carbocycles. The van der Waals surface area contributed by atoms with Crippen molar-refractivity contribution in [2.24, 2.45) is 5.73 Å². The van der Waals surface area contributed by atoms with Gasteiger partial charge < -0.3 is 20.9 Å². The SMILES string of the molecule is Cc1cccc(N(Cc2ccc(C(=O)CN)cc2)C(=O)N2CCCCC2)n1.Cc1cccc(N(Cc2ccc(C(=O)CNC(=O)C(F)(F)F)cc2)C(=O)N2CCCCC2)n1. The first-order valence-electron chi connectivity index (χ1n) is 20.0. The minimum Gasteiger partial charge on any atom is -0.341 e. The van der Waals surface area contributed by atoms with Crippen molar-refractivity contribution in [3.05, 3.63) is 119 Å². The van der Waals surface area contributed by atoms with Gasteiger partial charge in [-0.3, -0.25) is 24.2 Å². The van der Waals surface area contributed by atoms with Crippen molar-refractivity contribution in [1.82, 2.24) is 25.1 Å². The number of Topliss-reactive ketones (excluding diaryl/α,β-unsaturated/α-hetero) is 2. The number of hydrogen-bond donors (Lipinski definition) is 2. The maximum Gasteiger partial charge on any atom is 0.471 e. The van der Waals surface area contributed by atoms with E-state index in [-0.39, 0.29) is 36.5 Å². The highest BCUT2D eigenvalue weighted by Gasteiger charge is 2.38. The molecule has 0 bridgehead atoms. The lowest BCUT2D eigenvalue weighted by Crippen LogP contribution is -2.45. The smallest absolute Gasteiger partial charge is 0.341 e. The van der Waals surface area contributed by atoms with E-state index in [4.69, 9.17) is 5.73 Å². The number of amides is 5. The molecule has 16 heteroatoms. The lowest BCUT2D eigenvalue weighted by Gasteiger charge is -2.32. The van der Waals surface area contributed by atoms with E-state index in [0.29, 0.717) is 36.8 Å². The number of likely N-dealkylation sites (tertiary alicyclic amines) is 2. The molecule has 6 rings (SSSR count). The third-order valence-corrected chi connectivity index (χ3v) is 10.1. The topological polar surface area (TPSA) is 162 Å². The van der Waals surface area contributed by atoms with Crippen LogP contribution in [0.4, 0.5) is 34.4 Å². The second kappa shape index (κ2) is 21.2. The monoisotopic (exact) mass is 828 g/mol. The quantitative estimate of drug-likeness (QED) is 0.153. The predicted octanol–water partition coefficient (Wildman–Crippen LogP) is 7.01. The average molecular weight is 829 g/mol. The molecule has 60 heavy (non-hydrogen) atoms. The maximum atomic E-state index is 13.2. The minimum atomic E-state index is -5.04. The number of anilines is 2. The number of ketones is 2. The number of benzene rings is 2. The first kappa shape index (κ1) is 44.9. The van der Waals surface area contributed by atoms with Crippen LogP contribution in [0.15, 0.2) is 84.9 Å². The Morgan fingerprint density at radius 2 is 1.02 bits per heavy atom. The number of carbonyl (C=O) groups is 5. The standard InChI is InChI=1S/C23H25F3N4O3.C21H26N4O2/c1-16-6-5-7-20(28-16)30(22(33)29-12-3-2-4-13-29)15-17-8-10-18(11-9-17)19(31)14-27-21(32)23(24,25)26;1-16-6-5-7-20(23-16)25(21(27)24-12-3-2-4-13-24)15-17-8-10-18(11-9-17)19(26)14-22/h5-11H,2-4,12-15H2,1H3,(H,27,32);5-11H,2-4,12-15,22H2,1H3. The molecule has 4 heterocycles. The number of carbonyl (C=O) groups excluding carboxylic acids is 5. The van der Waals surface area contributed by atoms with E-state index >= 15 is 0 Å². The fraction of sp³-hybridized carbons (Fsp3) is 0.386. The lowest BCUT2D eigenvalue weighted by molar-refractivity contribution is -0.173. The molecule has 0 unspecified atom stereocenters. The van der Waals surface area contributed by atoms with Crippen LogP contribution in [0.3, 0.4) is 0 Å². The van der Waals surface area contributed by atoms with Gasteiger partial charge in [0.15, 0.2) is 11.6 Å². The Labute approximate surface area is 347 Å². The van der Waals surface area contributed by atoms with Crippen molar-refractivity contribution in [3.8, 4) is 0 Å². The van der Waals surface area contributed by atoms with E-state index in [2.05, 4.69) is 9.97 Å². The number of urea groups is 2. The van der Waals surface area contributed by atoms with Crippen LogP contribution in [0.5, 0.6) is 0 Å². The number of hydrogen-bond acceptors (Lipinski definition) is 8. The molecule has 13 nitrogen and oxygen atoms in total. The third kappa shape index (κ3) is 12.7. The number of nitrogens with two attached hydrogens (primary N) is 1. The summed E-state index contributed by atoms with van der Waals surface area (Å²) in [5, 5.41) is 1.57. The summed E-state index contributed by atoms with van der Waals surface area (Å²) in [4.78, 5) is 77.2. The number of aromatic nitrogens is 2. The number of halogens is 3. The van der Waals surface area contributed by atoms with Gasteiger partial charge in [0.05, 0.1) is 26.2 Å². The fourth-order valence-electron chi connectivity index (χ4n) is 6.80. The normalized spacial score (nSPS) is 14.0. The molecule has 0 radical (unpaired) electrons. The van der Waals surface area contributed by atoms with Crippen LogP contribution in [0, 0.1) is 13.8 Å². The van der Waals surface area contributed by atoms with Crippen LogP contribution >= 0.6 is 0 Å². The van der Waals surface area contributed by atoms with Crippen molar-refractivity contribution in [2.45, 2.75) is 71.6 Å². The number of nitrogens with one attached hydrogen (secondary N) is 1. The molecule has 318 valence electrons. The summed E-state index contributed by atoms with van der Waals surface area (Å²) in [5.74, 6) is -1.75. The maximum absolute atomic E-state index is 13.2. The molecular weight excluding hydrogens is 778 g/mol. The van der Waals surface area contributed by atoms with Crippen LogP contribution in [0.2, 0.25) is 0 Å². The van der Waals surface area contributed by atoms with Crippen molar-refractivity contribution in [3.63, 3.8) is 0 Å². The van der Waals surface area contributed by atoms with E-state index in [1.807, 2.05) is 61.2 Å². The summed E-state index contributed by atoms with van der Waals surface area (Å²) in [5.41, 5.74) is 9.46. The molecular formula is C44H51F3N8O5. The van der Waals surface area contributed by atoms with Gasteiger partial charge in [-0.1, -0.05) is 60.7 Å². The molecule has 0 atom stereocenters. The van der Waals surface area contributed by atoms with E-state index in [1.165, 1.54) is 18.6 Å². The number of aryl methyl sites for hydroxylation is 2. The number of nitrogens with zero attached hydrogens (tertiary/aromatic N) is 6. The van der Waals surface area contributed by atoms with Gasteiger partial charge >= 0.3 is 24.1 Å². The van der Waals surface area contributed by atoms with Gasteiger partial charge in [-0.25, -0.2) is 19.6 Å². The van der Waals surface area contributed by atoms with Crippen LogP contribution in [-0.4, -0.2) is 94.7 Å². The molecule has 2 fully saturated rings. The van der Waals surface area contributed by atoms with Crippen molar-refractivity contribution in [2.75, 3.05) is 49.1 Å². The zero-order chi connectivity index (χ0) is 43.2. The molecule has 4 aromatic rings. The molecule has 0 aliphatic carbocycles. The Kier molecular flexibility index (Phi) is 15.9. The molecule has 2 aromatic carbocycles. The lowest BCUT2D eigenvalue weighted by atomic mass is 10.1. The highest BCUT2D eigenvalue weighted by atomic mass is 19.4. The largest absolute Gasteiger partial charge is 0.471 e. The Morgan fingerprint density at radius 3 is 1.38 bits per heavy atom. The first-order valence-corrected chi connectivity index (χ1v) is 20.0. The second-order valence-corrected chi connectivity index (χ2v) is 14.7. The van der Waals surface area contributed by atoms with Gasteiger partial charge in [0, 0.05) is 48.7 Å². The number of alkyl halides is 3. The molecule has 2 saturated heterocycles. The summed E-state index contributed by atoms with van der Waals surface area (Å²) < 4.78 is 36.8. The van der Waals surface area contributed by atoms with E-state index < -0.39 is 24.4 Å². The highest BCUT2D eigenvalue weighted by Crippen LogP contribution is 2.23. The van der Waals surface area contributed by atoms with Gasteiger partial charge in [-0.2, -0.15) is 13.2 Å². The Balaban J connectivity index is 0.000000232. The Morgan fingerprint density at radius 1 is 0.617 bits per heavy atom. The second-order valence-electron chi connectivity index (χ2n) is 14.7. The average Bonchev–Trinajstić information content (AvgIpc) is 3.26. The molecule has 5 amide bonds. The summed E-state index contributed by atoms with van der Waals surface area (Å²) in [6, 6.07) is 24.4. The predicted molar refractivity (Wildman–Crippen MR) is 222 cm³/mol. The van der Waals surface area contributed by atoms with Crippen LogP contribution in [0.25, 0.3) is 0 Å². The van der Waals surface area contributed by atoms with E-state index in [0.717, 1.165) is 67.7 Å². The number of piperidine rings is 2. The van der Waals surface area contributed by atoms with Gasteiger partial charge in [0.25, 0.3) is 0 Å². The van der Waals surface area contributed by atoms with Crippen LogP contribution in [-0.2, 0) is 17.9 Å². The van der Waals surface area contributed by atoms with Gasteiger partial charge in [0.2, 0.25) is 0 Å². The zero-order valence-electron chi connectivity index (χ0n) is 33.9. The van der Waals surface area contributed by atoms with Crippen molar-refractivity contribution < 1.29 is 37.1 Å².